The molecule has 0 heterocycles. The van der Waals surface area contributed by atoms with Gasteiger partial charge in [-0.05, 0) is 28.7 Å². The van der Waals surface area contributed by atoms with Crippen LogP contribution in [0.4, 0.5) is 0 Å². The summed E-state index contributed by atoms with van der Waals surface area (Å²) in [6, 6.07) is 15.5. The second-order valence-electron chi connectivity index (χ2n) is 5.32. The van der Waals surface area contributed by atoms with Crippen molar-refractivity contribution in [2.75, 3.05) is 0 Å². The molecule has 3 heteroatoms. The summed E-state index contributed by atoms with van der Waals surface area (Å²) >= 11 is 0. The van der Waals surface area contributed by atoms with Gasteiger partial charge in [-0.15, -0.1) is 0 Å². The van der Waals surface area contributed by atoms with E-state index in [4.69, 9.17) is 9.84 Å². The van der Waals surface area contributed by atoms with E-state index in [0.29, 0.717) is 12.5 Å². The highest BCUT2D eigenvalue weighted by atomic mass is 16.5. The Hall–Kier alpha value is -2.29. The number of carboxylic acid groups (broad SMARTS) is 1. The highest BCUT2D eigenvalue weighted by molar-refractivity contribution is 5.70. The van der Waals surface area contributed by atoms with E-state index in [1.165, 1.54) is 0 Å². The summed E-state index contributed by atoms with van der Waals surface area (Å²) in [4.78, 5) is 10.9. The maximum atomic E-state index is 10.9. The highest BCUT2D eigenvalue weighted by Gasteiger charge is 2.10. The molecule has 2 aromatic carbocycles. The van der Waals surface area contributed by atoms with Crippen LogP contribution in [0.15, 0.2) is 48.5 Å². The van der Waals surface area contributed by atoms with E-state index in [2.05, 4.69) is 19.9 Å². The van der Waals surface area contributed by atoms with E-state index in [-0.39, 0.29) is 6.42 Å². The molecular formula is C18H20O3. The first-order valence-electron chi connectivity index (χ1n) is 7.08. The van der Waals surface area contributed by atoms with E-state index >= 15 is 0 Å². The number of benzene rings is 2. The lowest BCUT2D eigenvalue weighted by Gasteiger charge is -2.15. The summed E-state index contributed by atoms with van der Waals surface area (Å²) in [5.74, 6) is 0.415. The van der Waals surface area contributed by atoms with Crippen LogP contribution in [-0.4, -0.2) is 11.1 Å². The highest BCUT2D eigenvalue weighted by Crippen LogP contribution is 2.27. The SMILES string of the molecule is CC(C)c1ccccc1OCc1ccccc1CC(=O)O. The molecule has 0 aromatic heterocycles. The lowest BCUT2D eigenvalue weighted by atomic mass is 10.0. The summed E-state index contributed by atoms with van der Waals surface area (Å²) in [6.45, 7) is 4.63. The van der Waals surface area contributed by atoms with E-state index in [1.807, 2.05) is 42.5 Å². The van der Waals surface area contributed by atoms with Crippen molar-refractivity contribution in [3.05, 3.63) is 65.2 Å². The summed E-state index contributed by atoms with van der Waals surface area (Å²) in [6.07, 6.45) is 0.0192. The first-order chi connectivity index (χ1) is 10.1. The van der Waals surface area contributed by atoms with Crippen LogP contribution in [0.3, 0.4) is 0 Å². The number of carbonyl (C=O) groups is 1. The first kappa shape index (κ1) is 15.1. The second kappa shape index (κ2) is 6.93. The Morgan fingerprint density at radius 1 is 1.05 bits per heavy atom. The maximum absolute atomic E-state index is 10.9. The minimum Gasteiger partial charge on any atom is -0.489 e. The normalized spacial score (nSPS) is 10.6. The van der Waals surface area contributed by atoms with E-state index in [1.54, 1.807) is 0 Å². The van der Waals surface area contributed by atoms with Gasteiger partial charge in [0.1, 0.15) is 12.4 Å². The second-order valence-corrected chi connectivity index (χ2v) is 5.32. The summed E-state index contributed by atoms with van der Waals surface area (Å²) in [5.41, 5.74) is 2.87. The average molecular weight is 284 g/mol. The fourth-order valence-electron chi connectivity index (χ4n) is 2.28. The molecule has 0 atom stereocenters. The van der Waals surface area contributed by atoms with Gasteiger partial charge in [-0.1, -0.05) is 56.3 Å². The van der Waals surface area contributed by atoms with E-state index in [0.717, 1.165) is 22.4 Å². The zero-order valence-electron chi connectivity index (χ0n) is 12.4. The molecule has 2 aromatic rings. The molecule has 0 fully saturated rings. The Labute approximate surface area is 125 Å². The molecule has 0 aliphatic rings. The van der Waals surface area contributed by atoms with Gasteiger partial charge in [-0.25, -0.2) is 0 Å². The third-order valence-corrected chi connectivity index (χ3v) is 3.38. The van der Waals surface area contributed by atoms with Crippen LogP contribution in [0.1, 0.15) is 36.5 Å². The molecule has 0 aliphatic heterocycles. The smallest absolute Gasteiger partial charge is 0.307 e. The summed E-state index contributed by atoms with van der Waals surface area (Å²) < 4.78 is 5.91. The van der Waals surface area contributed by atoms with Gasteiger partial charge in [-0.2, -0.15) is 0 Å². The number of carboxylic acids is 1. The van der Waals surface area contributed by atoms with Crippen molar-refractivity contribution in [1.82, 2.24) is 0 Å². The monoisotopic (exact) mass is 284 g/mol. The van der Waals surface area contributed by atoms with Crippen molar-refractivity contribution >= 4 is 5.97 Å². The van der Waals surface area contributed by atoms with Gasteiger partial charge in [0.15, 0.2) is 0 Å². The van der Waals surface area contributed by atoms with Crippen LogP contribution in [0, 0.1) is 0 Å². The van der Waals surface area contributed by atoms with Crippen molar-refractivity contribution in [1.29, 1.82) is 0 Å². The van der Waals surface area contributed by atoms with Gasteiger partial charge in [0.2, 0.25) is 0 Å². The molecule has 0 radical (unpaired) electrons. The zero-order valence-corrected chi connectivity index (χ0v) is 12.4. The Morgan fingerprint density at radius 2 is 1.67 bits per heavy atom. The predicted octanol–water partition coefficient (Wildman–Crippen LogP) is 4.02. The van der Waals surface area contributed by atoms with Gasteiger partial charge in [-0.3, -0.25) is 4.79 Å². The van der Waals surface area contributed by atoms with Gasteiger partial charge in [0.05, 0.1) is 6.42 Å². The fourth-order valence-corrected chi connectivity index (χ4v) is 2.28. The van der Waals surface area contributed by atoms with Crippen molar-refractivity contribution < 1.29 is 14.6 Å². The molecule has 0 bridgehead atoms. The molecule has 110 valence electrons. The molecule has 2 rings (SSSR count). The average Bonchev–Trinajstić information content (AvgIpc) is 2.46. The van der Waals surface area contributed by atoms with Gasteiger partial charge in [0.25, 0.3) is 0 Å². The number of ether oxygens (including phenoxy) is 1. The molecule has 21 heavy (non-hydrogen) atoms. The molecule has 3 nitrogen and oxygen atoms in total. The molecule has 0 aliphatic carbocycles. The largest absolute Gasteiger partial charge is 0.489 e. The molecule has 1 N–H and O–H groups in total. The molecule has 0 amide bonds. The van der Waals surface area contributed by atoms with Crippen molar-refractivity contribution in [2.24, 2.45) is 0 Å². The van der Waals surface area contributed by atoms with Gasteiger partial charge < -0.3 is 9.84 Å². The van der Waals surface area contributed by atoms with Crippen molar-refractivity contribution in [3.8, 4) is 5.75 Å². The third kappa shape index (κ3) is 4.09. The van der Waals surface area contributed by atoms with Crippen LogP contribution >= 0.6 is 0 Å². The molecule has 0 saturated heterocycles. The number of rotatable bonds is 6. The Morgan fingerprint density at radius 3 is 2.33 bits per heavy atom. The maximum Gasteiger partial charge on any atom is 0.307 e. The lowest BCUT2D eigenvalue weighted by molar-refractivity contribution is -0.136. The van der Waals surface area contributed by atoms with Crippen molar-refractivity contribution in [3.63, 3.8) is 0 Å². The molecular weight excluding hydrogens is 264 g/mol. The number of hydrogen-bond donors (Lipinski definition) is 1. The standard InChI is InChI=1S/C18H20O3/c1-13(2)16-9-5-6-10-17(16)21-12-15-8-4-3-7-14(15)11-18(19)20/h3-10,13H,11-12H2,1-2H3,(H,19,20). The van der Waals surface area contributed by atoms with Crippen LogP contribution in [0.25, 0.3) is 0 Å². The number of para-hydroxylation sites is 1. The summed E-state index contributed by atoms with van der Waals surface area (Å²) in [7, 11) is 0. The predicted molar refractivity (Wildman–Crippen MR) is 82.6 cm³/mol. The van der Waals surface area contributed by atoms with E-state index in [9.17, 15) is 4.79 Å². The van der Waals surface area contributed by atoms with Crippen LogP contribution < -0.4 is 4.74 Å². The van der Waals surface area contributed by atoms with Crippen LogP contribution in [-0.2, 0) is 17.8 Å². The minimum absolute atomic E-state index is 0.0192. The fraction of sp³-hybridized carbons (Fsp3) is 0.278. The lowest BCUT2D eigenvalue weighted by Crippen LogP contribution is -2.06. The molecule has 0 unspecified atom stereocenters. The minimum atomic E-state index is -0.829. The topological polar surface area (TPSA) is 46.5 Å². The van der Waals surface area contributed by atoms with Gasteiger partial charge >= 0.3 is 5.97 Å². The zero-order chi connectivity index (χ0) is 15.2. The third-order valence-electron chi connectivity index (χ3n) is 3.38. The van der Waals surface area contributed by atoms with Crippen molar-refractivity contribution in [2.45, 2.75) is 32.8 Å². The number of aliphatic carboxylic acids is 1. The Bertz CT molecular complexity index is 617. The summed E-state index contributed by atoms with van der Waals surface area (Å²) in [5, 5.41) is 8.95. The Kier molecular flexibility index (Phi) is 4.99. The first-order valence-corrected chi connectivity index (χ1v) is 7.08. The van der Waals surface area contributed by atoms with E-state index < -0.39 is 5.97 Å². The number of hydrogen-bond acceptors (Lipinski definition) is 2. The molecule has 0 saturated carbocycles. The van der Waals surface area contributed by atoms with Crippen LogP contribution in [0.2, 0.25) is 0 Å². The Balaban J connectivity index is 2.15. The molecule has 0 spiro atoms. The van der Waals surface area contributed by atoms with Crippen LogP contribution in [0.5, 0.6) is 5.75 Å². The van der Waals surface area contributed by atoms with Gasteiger partial charge in [0, 0.05) is 0 Å². The quantitative estimate of drug-likeness (QED) is 0.871.